The van der Waals surface area contributed by atoms with Crippen LogP contribution < -0.4 is 20.1 Å². The second-order valence-corrected chi connectivity index (χ2v) is 5.91. The number of aromatic nitrogens is 3. The van der Waals surface area contributed by atoms with Gasteiger partial charge in [-0.05, 0) is 24.1 Å². The normalized spacial score (nSPS) is 13.1. The fraction of sp³-hybridized carbons (Fsp3) is 0.438. The maximum absolute atomic E-state index is 6.26. The minimum absolute atomic E-state index is 0. The first-order valence-corrected chi connectivity index (χ1v) is 8.40. The van der Waals surface area contributed by atoms with E-state index in [9.17, 15) is 0 Å². The highest BCUT2D eigenvalue weighted by Crippen LogP contribution is 2.38. The number of guanidine groups is 1. The largest absolute Gasteiger partial charge is 0.486 e. The fourth-order valence-electron chi connectivity index (χ4n) is 2.50. The highest BCUT2D eigenvalue weighted by molar-refractivity contribution is 14.0. The molecule has 0 atom stereocenters. The van der Waals surface area contributed by atoms with Gasteiger partial charge in [0.2, 0.25) is 0 Å². The molecule has 0 spiro atoms. The van der Waals surface area contributed by atoms with Crippen molar-refractivity contribution >= 4 is 41.5 Å². The minimum atomic E-state index is 0. The molecule has 0 amide bonds. The SMILES string of the molecule is CN=C(NCCc1cc(Cl)c2c(c1)OCCO2)NCc1ncnn1C.I. The van der Waals surface area contributed by atoms with E-state index >= 15 is 0 Å². The maximum Gasteiger partial charge on any atom is 0.191 e. The third-order valence-electron chi connectivity index (χ3n) is 3.81. The Morgan fingerprint density at radius 2 is 2.12 bits per heavy atom. The summed E-state index contributed by atoms with van der Waals surface area (Å²) < 4.78 is 12.9. The van der Waals surface area contributed by atoms with E-state index in [2.05, 4.69) is 25.7 Å². The molecule has 142 valence electrons. The zero-order valence-electron chi connectivity index (χ0n) is 14.7. The molecule has 0 aliphatic carbocycles. The van der Waals surface area contributed by atoms with Gasteiger partial charge < -0.3 is 20.1 Å². The Labute approximate surface area is 174 Å². The third-order valence-corrected chi connectivity index (χ3v) is 4.09. The quantitative estimate of drug-likeness (QED) is 0.376. The Morgan fingerprint density at radius 3 is 2.85 bits per heavy atom. The molecule has 2 N–H and O–H groups in total. The lowest BCUT2D eigenvalue weighted by Crippen LogP contribution is -2.38. The van der Waals surface area contributed by atoms with Gasteiger partial charge in [-0.15, -0.1) is 24.0 Å². The number of nitrogens with one attached hydrogen (secondary N) is 2. The van der Waals surface area contributed by atoms with Gasteiger partial charge in [0, 0.05) is 20.6 Å². The lowest BCUT2D eigenvalue weighted by Gasteiger charge is -2.20. The standard InChI is InChI=1S/C16H21ClN6O2.HI/c1-18-16(20-9-14-21-10-22-23(14)2)19-4-3-11-7-12(17)15-13(8-11)24-5-6-25-15;/h7-8,10H,3-6,9H2,1-2H3,(H2,18,19,20);1H. The van der Waals surface area contributed by atoms with Crippen molar-refractivity contribution in [3.05, 3.63) is 34.9 Å². The van der Waals surface area contributed by atoms with Crippen LogP contribution in [0.1, 0.15) is 11.4 Å². The number of rotatable bonds is 5. The lowest BCUT2D eigenvalue weighted by atomic mass is 10.1. The van der Waals surface area contributed by atoms with Crippen LogP contribution in [0.25, 0.3) is 0 Å². The minimum Gasteiger partial charge on any atom is -0.486 e. The van der Waals surface area contributed by atoms with Crippen LogP contribution in [0.3, 0.4) is 0 Å². The van der Waals surface area contributed by atoms with Gasteiger partial charge in [0.05, 0.1) is 11.6 Å². The van der Waals surface area contributed by atoms with Gasteiger partial charge in [-0.2, -0.15) is 5.10 Å². The Bertz CT molecular complexity index is 767. The van der Waals surface area contributed by atoms with Crippen molar-refractivity contribution in [3.8, 4) is 11.5 Å². The number of hydrogen-bond donors (Lipinski definition) is 2. The van der Waals surface area contributed by atoms with Gasteiger partial charge in [-0.25, -0.2) is 4.98 Å². The van der Waals surface area contributed by atoms with Crippen LogP contribution in [-0.2, 0) is 20.0 Å². The van der Waals surface area contributed by atoms with E-state index in [1.807, 2.05) is 19.2 Å². The Balaban J connectivity index is 0.00000243. The molecular weight excluding hydrogens is 471 g/mol. The Hall–Kier alpha value is -1.75. The summed E-state index contributed by atoms with van der Waals surface area (Å²) in [5.74, 6) is 2.87. The smallest absolute Gasteiger partial charge is 0.191 e. The number of benzene rings is 1. The van der Waals surface area contributed by atoms with Gasteiger partial charge in [-0.1, -0.05) is 11.6 Å². The second kappa shape index (κ2) is 9.81. The van der Waals surface area contributed by atoms with E-state index in [0.29, 0.717) is 48.8 Å². The molecule has 0 bridgehead atoms. The summed E-state index contributed by atoms with van der Waals surface area (Å²) in [5.41, 5.74) is 1.07. The van der Waals surface area contributed by atoms with Gasteiger partial charge >= 0.3 is 0 Å². The number of aryl methyl sites for hydroxylation is 1. The van der Waals surface area contributed by atoms with E-state index in [0.717, 1.165) is 17.8 Å². The predicted molar refractivity (Wildman–Crippen MR) is 111 cm³/mol. The summed E-state index contributed by atoms with van der Waals surface area (Å²) in [6, 6.07) is 3.88. The van der Waals surface area contributed by atoms with Crippen molar-refractivity contribution in [2.45, 2.75) is 13.0 Å². The van der Waals surface area contributed by atoms with Crippen molar-refractivity contribution in [3.63, 3.8) is 0 Å². The van der Waals surface area contributed by atoms with Crippen molar-refractivity contribution in [1.29, 1.82) is 0 Å². The number of hydrogen-bond acceptors (Lipinski definition) is 5. The van der Waals surface area contributed by atoms with E-state index in [1.54, 1.807) is 11.7 Å². The van der Waals surface area contributed by atoms with Crippen LogP contribution in [-0.4, -0.2) is 47.5 Å². The number of aliphatic imine (C=N–C) groups is 1. The van der Waals surface area contributed by atoms with Crippen LogP contribution >= 0.6 is 35.6 Å². The number of nitrogens with zero attached hydrogens (tertiary/aromatic N) is 4. The number of halogens is 2. The lowest BCUT2D eigenvalue weighted by molar-refractivity contribution is 0.171. The summed E-state index contributed by atoms with van der Waals surface area (Å²) >= 11 is 6.26. The first-order chi connectivity index (χ1) is 12.2. The maximum atomic E-state index is 6.26. The summed E-state index contributed by atoms with van der Waals surface area (Å²) in [7, 11) is 3.58. The highest BCUT2D eigenvalue weighted by atomic mass is 127. The first kappa shape index (κ1) is 20.6. The zero-order chi connectivity index (χ0) is 17.6. The third kappa shape index (κ3) is 5.13. The van der Waals surface area contributed by atoms with E-state index < -0.39 is 0 Å². The highest BCUT2D eigenvalue weighted by Gasteiger charge is 2.16. The molecule has 1 aromatic carbocycles. The molecule has 2 aromatic rings. The molecule has 1 aliphatic heterocycles. The number of ether oxygens (including phenoxy) is 2. The molecule has 0 unspecified atom stereocenters. The number of fused-ring (bicyclic) bond motifs is 1. The average molecular weight is 493 g/mol. The monoisotopic (exact) mass is 492 g/mol. The van der Waals surface area contributed by atoms with Crippen LogP contribution in [0, 0.1) is 0 Å². The molecule has 2 heterocycles. The van der Waals surface area contributed by atoms with Gasteiger partial charge in [-0.3, -0.25) is 9.67 Å². The Kier molecular flexibility index (Phi) is 7.76. The van der Waals surface area contributed by atoms with Gasteiger partial charge in [0.25, 0.3) is 0 Å². The summed E-state index contributed by atoms with van der Waals surface area (Å²) in [6.45, 7) is 2.32. The summed E-state index contributed by atoms with van der Waals surface area (Å²) in [4.78, 5) is 8.37. The van der Waals surface area contributed by atoms with Crippen LogP contribution in [0.5, 0.6) is 11.5 Å². The fourth-order valence-corrected chi connectivity index (χ4v) is 2.79. The molecule has 1 aromatic heterocycles. The first-order valence-electron chi connectivity index (χ1n) is 8.03. The molecule has 1 aliphatic rings. The van der Waals surface area contributed by atoms with Gasteiger partial charge in [0.1, 0.15) is 25.4 Å². The molecular formula is C16H22ClIN6O2. The van der Waals surface area contributed by atoms with Crippen molar-refractivity contribution < 1.29 is 9.47 Å². The average Bonchev–Trinajstić information content (AvgIpc) is 3.03. The molecule has 26 heavy (non-hydrogen) atoms. The van der Waals surface area contributed by atoms with Gasteiger partial charge in [0.15, 0.2) is 17.5 Å². The van der Waals surface area contributed by atoms with Crippen LogP contribution in [0.4, 0.5) is 0 Å². The van der Waals surface area contributed by atoms with Crippen molar-refractivity contribution in [2.75, 3.05) is 26.8 Å². The summed E-state index contributed by atoms with van der Waals surface area (Å²) in [6.07, 6.45) is 2.31. The Morgan fingerprint density at radius 1 is 1.31 bits per heavy atom. The summed E-state index contributed by atoms with van der Waals surface area (Å²) in [5, 5.41) is 11.1. The zero-order valence-corrected chi connectivity index (χ0v) is 17.7. The predicted octanol–water partition coefficient (Wildman–Crippen LogP) is 1.77. The molecule has 0 radical (unpaired) electrons. The van der Waals surface area contributed by atoms with Crippen molar-refractivity contribution in [2.24, 2.45) is 12.0 Å². The van der Waals surface area contributed by atoms with Crippen LogP contribution in [0.15, 0.2) is 23.5 Å². The van der Waals surface area contributed by atoms with E-state index in [1.165, 1.54) is 6.33 Å². The molecule has 0 fully saturated rings. The molecule has 3 rings (SSSR count). The molecule has 0 saturated heterocycles. The van der Waals surface area contributed by atoms with E-state index in [4.69, 9.17) is 21.1 Å². The second-order valence-electron chi connectivity index (χ2n) is 5.50. The molecule has 0 saturated carbocycles. The molecule has 10 heteroatoms. The van der Waals surface area contributed by atoms with Crippen LogP contribution in [0.2, 0.25) is 5.02 Å². The molecule has 8 nitrogen and oxygen atoms in total. The van der Waals surface area contributed by atoms with E-state index in [-0.39, 0.29) is 24.0 Å². The van der Waals surface area contributed by atoms with Crippen molar-refractivity contribution in [1.82, 2.24) is 25.4 Å². The topological polar surface area (TPSA) is 85.6 Å².